The Morgan fingerprint density at radius 2 is 2.38 bits per heavy atom. The number of carbonyl (C=O) groups is 1. The summed E-state index contributed by atoms with van der Waals surface area (Å²) in [7, 11) is 0. The number of carbonyl (C=O) groups excluding carboxylic acids is 1. The second-order valence-electron chi connectivity index (χ2n) is 3.71. The van der Waals surface area contributed by atoms with Crippen LogP contribution in [0, 0.1) is 0 Å². The smallest absolute Gasteiger partial charge is 0.237 e. The first kappa shape index (κ1) is 12.5. The normalized spacial score (nSPS) is 14.1. The van der Waals surface area contributed by atoms with Crippen molar-refractivity contribution in [3.05, 3.63) is 36.8 Å². The average molecular weight is 222 g/mol. The fourth-order valence-corrected chi connectivity index (χ4v) is 1.28. The lowest BCUT2D eigenvalue weighted by Crippen LogP contribution is -2.44. The fourth-order valence-electron chi connectivity index (χ4n) is 1.28. The molecule has 0 spiro atoms. The summed E-state index contributed by atoms with van der Waals surface area (Å²) in [5, 5.41) is 5.88. The van der Waals surface area contributed by atoms with E-state index in [1.54, 1.807) is 18.4 Å². The van der Waals surface area contributed by atoms with Gasteiger partial charge >= 0.3 is 0 Å². The molecule has 1 aromatic rings. The number of nitrogens with one attached hydrogen (secondary N) is 2. The molecular formula is C12H18N2O2. The number of furan rings is 1. The predicted octanol–water partition coefficient (Wildman–Crippen LogP) is 1.45. The molecule has 0 radical (unpaired) electrons. The molecule has 0 saturated heterocycles. The van der Waals surface area contributed by atoms with Gasteiger partial charge in [0.15, 0.2) is 0 Å². The largest absolute Gasteiger partial charge is 0.467 e. The van der Waals surface area contributed by atoms with Gasteiger partial charge in [0.25, 0.3) is 0 Å². The van der Waals surface area contributed by atoms with Crippen molar-refractivity contribution in [3.63, 3.8) is 0 Å². The Kier molecular flexibility index (Phi) is 4.79. The molecule has 2 unspecified atom stereocenters. The Balaban J connectivity index is 2.31. The summed E-state index contributed by atoms with van der Waals surface area (Å²) in [6, 6.07) is 3.49. The summed E-state index contributed by atoms with van der Waals surface area (Å²) in [4.78, 5) is 11.6. The molecule has 1 aromatic heterocycles. The summed E-state index contributed by atoms with van der Waals surface area (Å²) in [5.41, 5.74) is 0. The molecule has 0 fully saturated rings. The fraction of sp³-hybridized carbons (Fsp3) is 0.417. The Morgan fingerprint density at radius 1 is 1.62 bits per heavy atom. The zero-order valence-electron chi connectivity index (χ0n) is 9.69. The average Bonchev–Trinajstić information content (AvgIpc) is 2.78. The van der Waals surface area contributed by atoms with Gasteiger partial charge in [-0.05, 0) is 26.0 Å². The third kappa shape index (κ3) is 3.90. The topological polar surface area (TPSA) is 54.3 Å². The zero-order valence-corrected chi connectivity index (χ0v) is 9.69. The van der Waals surface area contributed by atoms with E-state index in [1.165, 1.54) is 0 Å². The summed E-state index contributed by atoms with van der Waals surface area (Å²) < 4.78 is 5.11. The quantitative estimate of drug-likeness (QED) is 0.716. The van der Waals surface area contributed by atoms with Crippen LogP contribution in [-0.2, 0) is 11.3 Å². The highest BCUT2D eigenvalue weighted by atomic mass is 16.3. The van der Waals surface area contributed by atoms with E-state index in [9.17, 15) is 4.79 Å². The maximum atomic E-state index is 11.6. The van der Waals surface area contributed by atoms with Crippen molar-refractivity contribution in [2.45, 2.75) is 32.5 Å². The van der Waals surface area contributed by atoms with Crippen LogP contribution >= 0.6 is 0 Å². The second-order valence-corrected chi connectivity index (χ2v) is 3.71. The van der Waals surface area contributed by atoms with Crippen molar-refractivity contribution in [3.8, 4) is 0 Å². The van der Waals surface area contributed by atoms with E-state index in [1.807, 2.05) is 19.9 Å². The Labute approximate surface area is 95.7 Å². The molecule has 88 valence electrons. The van der Waals surface area contributed by atoms with E-state index in [-0.39, 0.29) is 18.0 Å². The molecule has 0 aliphatic rings. The maximum Gasteiger partial charge on any atom is 0.237 e. The van der Waals surface area contributed by atoms with Gasteiger partial charge in [0, 0.05) is 6.04 Å². The van der Waals surface area contributed by atoms with Crippen molar-refractivity contribution in [2.75, 3.05) is 0 Å². The van der Waals surface area contributed by atoms with Gasteiger partial charge in [-0.15, -0.1) is 6.58 Å². The molecule has 1 rings (SSSR count). The van der Waals surface area contributed by atoms with Crippen LogP contribution in [-0.4, -0.2) is 18.0 Å². The number of amides is 1. The first-order chi connectivity index (χ1) is 7.63. The third-order valence-electron chi connectivity index (χ3n) is 2.28. The lowest BCUT2D eigenvalue weighted by atomic mass is 10.2. The van der Waals surface area contributed by atoms with Crippen molar-refractivity contribution in [1.29, 1.82) is 0 Å². The Hall–Kier alpha value is -1.55. The molecule has 0 aromatic carbocycles. The monoisotopic (exact) mass is 222 g/mol. The van der Waals surface area contributed by atoms with E-state index in [2.05, 4.69) is 17.2 Å². The molecule has 4 nitrogen and oxygen atoms in total. The van der Waals surface area contributed by atoms with Crippen molar-refractivity contribution >= 4 is 5.91 Å². The number of hydrogen-bond acceptors (Lipinski definition) is 3. The van der Waals surface area contributed by atoms with Gasteiger partial charge in [-0.1, -0.05) is 6.08 Å². The van der Waals surface area contributed by atoms with Gasteiger partial charge in [-0.2, -0.15) is 0 Å². The predicted molar refractivity (Wildman–Crippen MR) is 62.8 cm³/mol. The molecule has 2 atom stereocenters. The van der Waals surface area contributed by atoms with Gasteiger partial charge in [-0.25, -0.2) is 0 Å². The Morgan fingerprint density at radius 3 is 2.94 bits per heavy atom. The van der Waals surface area contributed by atoms with E-state index >= 15 is 0 Å². The highest BCUT2D eigenvalue weighted by Gasteiger charge is 2.13. The molecule has 2 N–H and O–H groups in total. The van der Waals surface area contributed by atoms with Gasteiger partial charge in [0.05, 0.1) is 18.8 Å². The minimum absolute atomic E-state index is 0.0508. The first-order valence-electron chi connectivity index (χ1n) is 5.32. The van der Waals surface area contributed by atoms with Crippen LogP contribution in [0.25, 0.3) is 0 Å². The van der Waals surface area contributed by atoms with Crippen molar-refractivity contribution < 1.29 is 9.21 Å². The number of rotatable bonds is 6. The molecule has 1 amide bonds. The van der Waals surface area contributed by atoms with E-state index < -0.39 is 0 Å². The highest BCUT2D eigenvalue weighted by Crippen LogP contribution is 1.99. The lowest BCUT2D eigenvalue weighted by molar-refractivity contribution is -0.123. The summed E-state index contributed by atoms with van der Waals surface area (Å²) in [5.74, 6) is 0.697. The molecule has 0 bridgehead atoms. The molecule has 1 heterocycles. The summed E-state index contributed by atoms with van der Waals surface area (Å²) in [6.45, 7) is 7.83. The van der Waals surface area contributed by atoms with Crippen LogP contribution in [0.3, 0.4) is 0 Å². The summed E-state index contributed by atoms with van der Waals surface area (Å²) in [6.07, 6.45) is 3.35. The maximum absolute atomic E-state index is 11.6. The molecule has 4 heteroatoms. The van der Waals surface area contributed by atoms with Gasteiger partial charge in [-0.3, -0.25) is 4.79 Å². The highest BCUT2D eigenvalue weighted by molar-refractivity contribution is 5.81. The second kappa shape index (κ2) is 6.12. The van der Waals surface area contributed by atoms with Crippen molar-refractivity contribution in [1.82, 2.24) is 10.6 Å². The van der Waals surface area contributed by atoms with Crippen molar-refractivity contribution in [2.24, 2.45) is 0 Å². The zero-order chi connectivity index (χ0) is 12.0. The third-order valence-corrected chi connectivity index (χ3v) is 2.28. The van der Waals surface area contributed by atoms with E-state index in [4.69, 9.17) is 4.42 Å². The van der Waals surface area contributed by atoms with Gasteiger partial charge < -0.3 is 15.1 Å². The molecule has 0 aliphatic carbocycles. The van der Waals surface area contributed by atoms with Crippen LogP contribution in [0.4, 0.5) is 0 Å². The molecule has 0 saturated carbocycles. The van der Waals surface area contributed by atoms with Gasteiger partial charge in [0.1, 0.15) is 5.76 Å². The van der Waals surface area contributed by atoms with Crippen LogP contribution in [0.2, 0.25) is 0 Å². The molecular weight excluding hydrogens is 204 g/mol. The van der Waals surface area contributed by atoms with Gasteiger partial charge in [0.2, 0.25) is 5.91 Å². The number of hydrogen-bond donors (Lipinski definition) is 2. The Bertz CT molecular complexity index is 333. The van der Waals surface area contributed by atoms with Crippen LogP contribution in [0.15, 0.2) is 35.5 Å². The van der Waals surface area contributed by atoms with E-state index in [0.29, 0.717) is 6.54 Å². The van der Waals surface area contributed by atoms with E-state index in [0.717, 1.165) is 5.76 Å². The molecule has 0 aliphatic heterocycles. The van der Waals surface area contributed by atoms with Crippen LogP contribution in [0.1, 0.15) is 19.6 Å². The standard InChI is InChI=1S/C12H18N2O2/c1-4-9(2)14-10(3)12(15)13-8-11-6-5-7-16-11/h4-7,9-10,14H,1,8H2,2-3H3,(H,13,15). The molecule has 16 heavy (non-hydrogen) atoms. The summed E-state index contributed by atoms with van der Waals surface area (Å²) >= 11 is 0. The first-order valence-corrected chi connectivity index (χ1v) is 5.32. The van der Waals surface area contributed by atoms with Crippen LogP contribution < -0.4 is 10.6 Å². The van der Waals surface area contributed by atoms with Crippen LogP contribution in [0.5, 0.6) is 0 Å². The minimum atomic E-state index is -0.247. The lowest BCUT2D eigenvalue weighted by Gasteiger charge is -2.16. The SMILES string of the molecule is C=CC(C)NC(C)C(=O)NCc1ccco1. The minimum Gasteiger partial charge on any atom is -0.467 e.